The van der Waals surface area contributed by atoms with Gasteiger partial charge in [0, 0.05) is 37.7 Å². The first-order valence-electron chi connectivity index (χ1n) is 5.15. The second-order valence-corrected chi connectivity index (χ2v) is 4.28. The highest BCUT2D eigenvalue weighted by molar-refractivity contribution is 6.30. The molecule has 0 aromatic heterocycles. The fourth-order valence-electron chi connectivity index (χ4n) is 1.85. The summed E-state index contributed by atoms with van der Waals surface area (Å²) in [6.45, 7) is 5.02. The summed E-state index contributed by atoms with van der Waals surface area (Å²) in [7, 11) is 0. The Morgan fingerprint density at radius 1 is 1.27 bits per heavy atom. The van der Waals surface area contributed by atoms with Gasteiger partial charge in [-0.25, -0.2) is 0 Å². The highest BCUT2D eigenvalue weighted by Gasteiger charge is 2.10. The van der Waals surface area contributed by atoms with E-state index >= 15 is 0 Å². The Labute approximate surface area is 94.7 Å². The summed E-state index contributed by atoms with van der Waals surface area (Å²) >= 11 is 5.88. The lowest BCUT2D eigenvalue weighted by Crippen LogP contribution is -2.42. The van der Waals surface area contributed by atoms with Gasteiger partial charge in [0.05, 0.1) is 0 Å². The van der Waals surface area contributed by atoms with Crippen molar-refractivity contribution in [1.82, 2.24) is 10.2 Å². The van der Waals surface area contributed by atoms with Gasteiger partial charge in [0.15, 0.2) is 0 Å². The van der Waals surface area contributed by atoms with E-state index in [0.717, 1.165) is 38.3 Å². The van der Waals surface area contributed by atoms with Crippen LogP contribution >= 0.6 is 11.6 Å². The van der Waals surface area contributed by atoms with Crippen molar-refractivity contribution in [2.45, 2.75) is 6.54 Å². The SMILES string of the molecule is Oc1cc(Cl)cc(CN2CCNCC2)c1. The molecule has 1 saturated heterocycles. The van der Waals surface area contributed by atoms with Crippen molar-refractivity contribution in [3.63, 3.8) is 0 Å². The lowest BCUT2D eigenvalue weighted by atomic mass is 10.2. The summed E-state index contributed by atoms with van der Waals surface area (Å²) < 4.78 is 0. The predicted molar refractivity (Wildman–Crippen MR) is 61.3 cm³/mol. The molecule has 1 aromatic rings. The molecular formula is C11H15ClN2O. The number of phenols is 1. The number of phenolic OH excluding ortho intramolecular Hbond substituents is 1. The number of hydrogen-bond acceptors (Lipinski definition) is 3. The van der Waals surface area contributed by atoms with Crippen LogP contribution in [0.15, 0.2) is 18.2 Å². The van der Waals surface area contributed by atoms with Crippen LogP contribution in [0.1, 0.15) is 5.56 Å². The molecule has 0 amide bonds. The molecule has 0 unspecified atom stereocenters. The molecule has 82 valence electrons. The molecule has 0 radical (unpaired) electrons. The molecule has 0 spiro atoms. The molecule has 0 atom stereocenters. The van der Waals surface area contributed by atoms with Crippen molar-refractivity contribution in [2.75, 3.05) is 26.2 Å². The summed E-state index contributed by atoms with van der Waals surface area (Å²) in [5.74, 6) is 0.243. The molecule has 15 heavy (non-hydrogen) atoms. The number of rotatable bonds is 2. The molecule has 1 heterocycles. The van der Waals surface area contributed by atoms with Crippen LogP contribution in [0.5, 0.6) is 5.75 Å². The quantitative estimate of drug-likeness (QED) is 0.802. The maximum atomic E-state index is 9.41. The van der Waals surface area contributed by atoms with Crippen molar-refractivity contribution in [2.24, 2.45) is 0 Å². The molecule has 3 nitrogen and oxygen atoms in total. The van der Waals surface area contributed by atoms with E-state index in [-0.39, 0.29) is 5.75 Å². The van der Waals surface area contributed by atoms with Gasteiger partial charge < -0.3 is 10.4 Å². The molecule has 2 rings (SSSR count). The van der Waals surface area contributed by atoms with E-state index in [1.807, 2.05) is 6.07 Å². The topological polar surface area (TPSA) is 35.5 Å². The average molecular weight is 227 g/mol. The molecule has 1 aliphatic heterocycles. The van der Waals surface area contributed by atoms with Crippen molar-refractivity contribution in [3.05, 3.63) is 28.8 Å². The molecule has 2 N–H and O–H groups in total. The minimum Gasteiger partial charge on any atom is -0.508 e. The van der Waals surface area contributed by atoms with Gasteiger partial charge in [-0.2, -0.15) is 0 Å². The van der Waals surface area contributed by atoms with E-state index in [0.29, 0.717) is 5.02 Å². The number of nitrogens with zero attached hydrogens (tertiary/aromatic N) is 1. The standard InChI is InChI=1S/C11H15ClN2O/c12-10-5-9(6-11(15)7-10)8-14-3-1-13-2-4-14/h5-7,13,15H,1-4,8H2. The van der Waals surface area contributed by atoms with Gasteiger partial charge in [-0.3, -0.25) is 4.90 Å². The zero-order valence-corrected chi connectivity index (χ0v) is 9.30. The molecule has 0 aliphatic carbocycles. The zero-order chi connectivity index (χ0) is 10.7. The molecule has 4 heteroatoms. The summed E-state index contributed by atoms with van der Waals surface area (Å²) in [5.41, 5.74) is 1.07. The Bertz CT molecular complexity index is 317. The van der Waals surface area contributed by atoms with Crippen molar-refractivity contribution in [3.8, 4) is 5.75 Å². The number of benzene rings is 1. The Balaban J connectivity index is 2.02. The number of aromatic hydroxyl groups is 1. The van der Waals surface area contributed by atoms with E-state index in [2.05, 4.69) is 10.2 Å². The minimum atomic E-state index is 0.243. The van der Waals surface area contributed by atoms with E-state index in [4.69, 9.17) is 11.6 Å². The maximum absolute atomic E-state index is 9.41. The lowest BCUT2D eigenvalue weighted by molar-refractivity contribution is 0.233. The third kappa shape index (κ3) is 3.09. The van der Waals surface area contributed by atoms with Crippen molar-refractivity contribution < 1.29 is 5.11 Å². The molecule has 1 aliphatic rings. The highest BCUT2D eigenvalue weighted by Crippen LogP contribution is 2.20. The van der Waals surface area contributed by atoms with Crippen molar-refractivity contribution >= 4 is 11.6 Å². The highest BCUT2D eigenvalue weighted by atomic mass is 35.5. The van der Waals surface area contributed by atoms with Crippen LogP contribution < -0.4 is 5.32 Å². The first-order chi connectivity index (χ1) is 7.24. The third-order valence-electron chi connectivity index (χ3n) is 2.56. The second-order valence-electron chi connectivity index (χ2n) is 3.84. The minimum absolute atomic E-state index is 0.243. The van der Waals surface area contributed by atoms with Gasteiger partial charge in [0.25, 0.3) is 0 Å². The van der Waals surface area contributed by atoms with E-state index in [1.165, 1.54) is 0 Å². The fraction of sp³-hybridized carbons (Fsp3) is 0.455. The van der Waals surface area contributed by atoms with Gasteiger partial charge in [-0.1, -0.05) is 11.6 Å². The average Bonchev–Trinajstić information content (AvgIpc) is 2.17. The first-order valence-corrected chi connectivity index (χ1v) is 5.53. The molecule has 0 saturated carbocycles. The van der Waals surface area contributed by atoms with Crippen LogP contribution in [-0.2, 0) is 6.54 Å². The second kappa shape index (κ2) is 4.84. The number of nitrogens with one attached hydrogen (secondary N) is 1. The molecular weight excluding hydrogens is 212 g/mol. The van der Waals surface area contributed by atoms with E-state index < -0.39 is 0 Å². The molecule has 1 aromatic carbocycles. The molecule has 0 bridgehead atoms. The smallest absolute Gasteiger partial charge is 0.117 e. The Morgan fingerprint density at radius 3 is 2.67 bits per heavy atom. The van der Waals surface area contributed by atoms with E-state index in [9.17, 15) is 5.11 Å². The van der Waals surface area contributed by atoms with Gasteiger partial charge in [0.1, 0.15) is 5.75 Å². The van der Waals surface area contributed by atoms with Crippen LogP contribution in [-0.4, -0.2) is 36.2 Å². The van der Waals surface area contributed by atoms with Crippen molar-refractivity contribution in [1.29, 1.82) is 0 Å². The maximum Gasteiger partial charge on any atom is 0.117 e. The van der Waals surface area contributed by atoms with Crippen LogP contribution in [0.4, 0.5) is 0 Å². The number of piperazine rings is 1. The van der Waals surface area contributed by atoms with E-state index in [1.54, 1.807) is 12.1 Å². The van der Waals surface area contributed by atoms with Crippen LogP contribution in [0.25, 0.3) is 0 Å². The van der Waals surface area contributed by atoms with Crippen LogP contribution in [0.3, 0.4) is 0 Å². The number of halogens is 1. The lowest BCUT2D eigenvalue weighted by Gasteiger charge is -2.27. The Kier molecular flexibility index (Phi) is 3.46. The third-order valence-corrected chi connectivity index (χ3v) is 2.78. The van der Waals surface area contributed by atoms with Crippen LogP contribution in [0, 0.1) is 0 Å². The normalized spacial score (nSPS) is 17.9. The molecule has 1 fully saturated rings. The monoisotopic (exact) mass is 226 g/mol. The van der Waals surface area contributed by atoms with Gasteiger partial charge in [0.2, 0.25) is 0 Å². The van der Waals surface area contributed by atoms with Gasteiger partial charge >= 0.3 is 0 Å². The summed E-state index contributed by atoms with van der Waals surface area (Å²) in [5, 5.41) is 13.3. The van der Waals surface area contributed by atoms with Gasteiger partial charge in [-0.05, 0) is 23.8 Å². The van der Waals surface area contributed by atoms with Gasteiger partial charge in [-0.15, -0.1) is 0 Å². The number of hydrogen-bond donors (Lipinski definition) is 2. The summed E-state index contributed by atoms with van der Waals surface area (Å²) in [6, 6.07) is 5.24. The predicted octanol–water partition coefficient (Wildman–Crippen LogP) is 1.45. The first kappa shape index (κ1) is 10.7. The fourth-order valence-corrected chi connectivity index (χ4v) is 2.10. The Morgan fingerprint density at radius 2 is 2.00 bits per heavy atom. The Hall–Kier alpha value is -0.770. The van der Waals surface area contributed by atoms with Crippen LogP contribution in [0.2, 0.25) is 5.02 Å². The summed E-state index contributed by atoms with van der Waals surface area (Å²) in [4.78, 5) is 2.35. The zero-order valence-electron chi connectivity index (χ0n) is 8.54. The summed E-state index contributed by atoms with van der Waals surface area (Å²) in [6.07, 6.45) is 0. The largest absolute Gasteiger partial charge is 0.508 e.